The number of amides is 1. The van der Waals surface area contributed by atoms with Gasteiger partial charge in [-0.1, -0.05) is 11.6 Å². The Labute approximate surface area is 217 Å². The van der Waals surface area contributed by atoms with Gasteiger partial charge in [0, 0.05) is 62.6 Å². The number of H-pyrrole nitrogens is 1. The van der Waals surface area contributed by atoms with Crippen molar-refractivity contribution in [1.82, 2.24) is 14.8 Å². The monoisotopic (exact) mass is 517 g/mol. The Kier molecular flexibility index (Phi) is 7.92. The molecule has 3 aliphatic rings. The first-order valence-electron chi connectivity index (χ1n) is 12.8. The molecule has 35 heavy (non-hydrogen) atoms. The van der Waals surface area contributed by atoms with Crippen LogP contribution in [-0.2, 0) is 9.53 Å². The van der Waals surface area contributed by atoms with Crippen LogP contribution in [0.25, 0.3) is 10.9 Å². The van der Waals surface area contributed by atoms with Gasteiger partial charge >= 0.3 is 0 Å². The number of hydrogen-bond donors (Lipinski definition) is 2. The van der Waals surface area contributed by atoms with E-state index in [9.17, 15) is 4.79 Å². The Hall–Kier alpha value is -1.74. The van der Waals surface area contributed by atoms with Crippen LogP contribution in [0.5, 0.6) is 0 Å². The van der Waals surface area contributed by atoms with E-state index < -0.39 is 0 Å². The van der Waals surface area contributed by atoms with Gasteiger partial charge in [-0.2, -0.15) is 0 Å². The SMILES string of the molecule is CN(C)C(=O)C1CCCN(CCC2CSC(c3cc4cc(Cl)cc(NC5CCOCC5)c4[nH]3)=N2)C1. The predicted octanol–water partition coefficient (Wildman–Crippen LogP) is 4.46. The topological polar surface area (TPSA) is 73.0 Å². The Morgan fingerprint density at radius 1 is 1.29 bits per heavy atom. The van der Waals surface area contributed by atoms with E-state index in [0.717, 1.165) is 103 Å². The first-order valence-corrected chi connectivity index (χ1v) is 14.1. The number of fused-ring (bicyclic) bond motifs is 1. The summed E-state index contributed by atoms with van der Waals surface area (Å²) in [4.78, 5) is 25.3. The third-order valence-corrected chi connectivity index (χ3v) is 8.66. The zero-order valence-corrected chi connectivity index (χ0v) is 22.3. The summed E-state index contributed by atoms with van der Waals surface area (Å²) in [6.07, 6.45) is 5.15. The van der Waals surface area contributed by atoms with Crippen molar-refractivity contribution in [2.45, 2.75) is 44.2 Å². The largest absolute Gasteiger partial charge is 0.381 e. The number of nitrogens with zero attached hydrogens (tertiary/aromatic N) is 3. The van der Waals surface area contributed by atoms with Crippen molar-refractivity contribution < 1.29 is 9.53 Å². The van der Waals surface area contributed by atoms with Crippen molar-refractivity contribution in [2.75, 3.05) is 58.0 Å². The van der Waals surface area contributed by atoms with Gasteiger partial charge < -0.3 is 24.8 Å². The fraction of sp³-hybridized carbons (Fsp3) is 0.615. The maximum absolute atomic E-state index is 12.4. The number of thioether (sulfide) groups is 1. The van der Waals surface area contributed by atoms with Crippen LogP contribution in [0.1, 0.15) is 37.8 Å². The zero-order chi connectivity index (χ0) is 24.4. The molecule has 2 aromatic rings. The summed E-state index contributed by atoms with van der Waals surface area (Å²) >= 11 is 8.28. The lowest BCUT2D eigenvalue weighted by atomic mass is 9.96. The van der Waals surface area contributed by atoms with Crippen LogP contribution in [0.4, 0.5) is 5.69 Å². The highest BCUT2D eigenvalue weighted by molar-refractivity contribution is 8.14. The van der Waals surface area contributed by atoms with Gasteiger partial charge in [0.05, 0.1) is 28.9 Å². The number of likely N-dealkylation sites (tertiary alicyclic amines) is 1. The van der Waals surface area contributed by atoms with Gasteiger partial charge in [0.1, 0.15) is 5.04 Å². The number of piperidine rings is 1. The zero-order valence-electron chi connectivity index (χ0n) is 20.7. The van der Waals surface area contributed by atoms with Gasteiger partial charge in [0.25, 0.3) is 0 Å². The van der Waals surface area contributed by atoms with E-state index in [0.29, 0.717) is 12.1 Å². The summed E-state index contributed by atoms with van der Waals surface area (Å²) in [6, 6.07) is 6.92. The molecule has 0 bridgehead atoms. The fourth-order valence-corrected chi connectivity index (χ4v) is 6.67. The number of nitrogens with one attached hydrogen (secondary N) is 2. The minimum absolute atomic E-state index is 0.137. The van der Waals surface area contributed by atoms with Gasteiger partial charge in [-0.15, -0.1) is 11.8 Å². The molecule has 2 saturated heterocycles. The summed E-state index contributed by atoms with van der Waals surface area (Å²) in [5.41, 5.74) is 3.21. The highest BCUT2D eigenvalue weighted by atomic mass is 35.5. The predicted molar refractivity (Wildman–Crippen MR) is 146 cm³/mol. The molecule has 0 aliphatic carbocycles. The van der Waals surface area contributed by atoms with E-state index in [-0.39, 0.29) is 11.8 Å². The van der Waals surface area contributed by atoms with Gasteiger partial charge in [-0.05, 0) is 56.8 Å². The molecular weight excluding hydrogens is 482 g/mol. The maximum atomic E-state index is 12.4. The van der Waals surface area contributed by atoms with E-state index in [1.807, 2.05) is 38.0 Å². The van der Waals surface area contributed by atoms with E-state index in [1.54, 1.807) is 4.90 Å². The number of aromatic amines is 1. The van der Waals surface area contributed by atoms with E-state index >= 15 is 0 Å². The van der Waals surface area contributed by atoms with Gasteiger partial charge in [-0.3, -0.25) is 9.79 Å². The number of aliphatic imine (C=N–C) groups is 1. The normalized spacial score (nSPS) is 24.0. The Balaban J connectivity index is 1.23. The number of halogens is 1. The molecule has 7 nitrogen and oxygen atoms in total. The number of hydrogen-bond acceptors (Lipinski definition) is 6. The molecule has 9 heteroatoms. The van der Waals surface area contributed by atoms with Gasteiger partial charge in [-0.25, -0.2) is 0 Å². The molecule has 4 heterocycles. The number of carbonyl (C=O) groups is 1. The summed E-state index contributed by atoms with van der Waals surface area (Å²) in [5, 5.41) is 6.61. The molecule has 2 unspecified atom stereocenters. The lowest BCUT2D eigenvalue weighted by molar-refractivity contribution is -0.134. The third kappa shape index (κ3) is 5.98. The van der Waals surface area contributed by atoms with Crippen LogP contribution in [0.3, 0.4) is 0 Å². The molecular formula is C26H36ClN5O2S. The second-order valence-corrected chi connectivity index (χ2v) is 11.6. The van der Waals surface area contributed by atoms with Gasteiger partial charge in [0.15, 0.2) is 0 Å². The molecule has 3 aliphatic heterocycles. The summed E-state index contributed by atoms with van der Waals surface area (Å²) in [7, 11) is 3.71. The molecule has 0 spiro atoms. The second-order valence-electron chi connectivity index (χ2n) is 10.2. The Morgan fingerprint density at radius 2 is 2.11 bits per heavy atom. The molecule has 0 radical (unpaired) electrons. The van der Waals surface area contributed by atoms with Crippen molar-refractivity contribution in [3.63, 3.8) is 0 Å². The molecule has 0 saturated carbocycles. The number of benzene rings is 1. The molecule has 1 aromatic heterocycles. The van der Waals surface area contributed by atoms with Crippen LogP contribution in [0.2, 0.25) is 5.02 Å². The molecule has 5 rings (SSSR count). The minimum Gasteiger partial charge on any atom is -0.381 e. The Morgan fingerprint density at radius 3 is 2.91 bits per heavy atom. The van der Waals surface area contributed by atoms with Crippen molar-refractivity contribution in [2.24, 2.45) is 10.9 Å². The third-order valence-electron chi connectivity index (χ3n) is 7.29. The van der Waals surface area contributed by atoms with Crippen LogP contribution in [-0.4, -0.2) is 90.5 Å². The van der Waals surface area contributed by atoms with E-state index in [4.69, 9.17) is 21.3 Å². The van der Waals surface area contributed by atoms with Crippen molar-refractivity contribution in [3.05, 3.63) is 28.9 Å². The lowest BCUT2D eigenvalue weighted by Gasteiger charge is -2.33. The van der Waals surface area contributed by atoms with Crippen LogP contribution >= 0.6 is 23.4 Å². The molecule has 1 aromatic carbocycles. The lowest BCUT2D eigenvalue weighted by Crippen LogP contribution is -2.43. The summed E-state index contributed by atoms with van der Waals surface area (Å²) in [6.45, 7) is 4.56. The van der Waals surface area contributed by atoms with Crippen LogP contribution in [0, 0.1) is 5.92 Å². The van der Waals surface area contributed by atoms with E-state index in [2.05, 4.69) is 21.3 Å². The average molecular weight is 518 g/mol. The number of ether oxygens (including phenoxy) is 1. The van der Waals surface area contributed by atoms with Crippen molar-refractivity contribution >= 4 is 50.9 Å². The molecule has 2 fully saturated rings. The quantitative estimate of drug-likeness (QED) is 0.567. The number of aromatic nitrogens is 1. The minimum atomic E-state index is 0.137. The molecule has 190 valence electrons. The number of anilines is 1. The fourth-order valence-electron chi connectivity index (χ4n) is 5.37. The molecule has 2 atom stereocenters. The average Bonchev–Trinajstić information content (AvgIpc) is 3.50. The van der Waals surface area contributed by atoms with Crippen LogP contribution < -0.4 is 5.32 Å². The molecule has 1 amide bonds. The van der Waals surface area contributed by atoms with E-state index in [1.165, 1.54) is 0 Å². The van der Waals surface area contributed by atoms with Crippen LogP contribution in [0.15, 0.2) is 23.2 Å². The second kappa shape index (κ2) is 11.1. The standard InChI is InChI=1S/C26H36ClN5O2S/c1-31(2)26(33)17-4-3-8-32(15-17)9-5-21-16-35-25(29-21)23-13-18-12-19(27)14-22(24(18)30-23)28-20-6-10-34-11-7-20/h12-14,17,20-21,28,30H,3-11,15-16H2,1-2H3. The first kappa shape index (κ1) is 24.9. The van der Waals surface area contributed by atoms with Crippen molar-refractivity contribution in [1.29, 1.82) is 0 Å². The summed E-state index contributed by atoms with van der Waals surface area (Å²) in [5.74, 6) is 1.40. The smallest absolute Gasteiger partial charge is 0.226 e. The highest BCUT2D eigenvalue weighted by Crippen LogP contribution is 2.33. The van der Waals surface area contributed by atoms with Crippen molar-refractivity contribution in [3.8, 4) is 0 Å². The number of rotatable bonds is 7. The van der Waals surface area contributed by atoms with Gasteiger partial charge in [0.2, 0.25) is 5.91 Å². The molecule has 2 N–H and O–H groups in total. The summed E-state index contributed by atoms with van der Waals surface area (Å²) < 4.78 is 5.50. The Bertz CT molecular complexity index is 1080. The maximum Gasteiger partial charge on any atom is 0.226 e. The first-order chi connectivity index (χ1) is 17.0. The number of carbonyl (C=O) groups excluding carboxylic acids is 1. The highest BCUT2D eigenvalue weighted by Gasteiger charge is 2.28.